The lowest BCUT2D eigenvalue weighted by Crippen LogP contribution is -2.15. The molecule has 0 bridgehead atoms. The number of halogens is 1. The third kappa shape index (κ3) is 3.39. The molecule has 88 valence electrons. The van der Waals surface area contributed by atoms with E-state index < -0.39 is 0 Å². The van der Waals surface area contributed by atoms with Gasteiger partial charge in [0.15, 0.2) is 0 Å². The van der Waals surface area contributed by atoms with Crippen LogP contribution in [0.25, 0.3) is 0 Å². The van der Waals surface area contributed by atoms with Gasteiger partial charge in [0.1, 0.15) is 5.82 Å². The number of carbonyl (C=O) groups is 1. The van der Waals surface area contributed by atoms with E-state index in [2.05, 4.69) is 31.2 Å². The monoisotopic (exact) mass is 294 g/mol. The highest BCUT2D eigenvalue weighted by Crippen LogP contribution is 2.18. The van der Waals surface area contributed by atoms with Crippen LogP contribution in [-0.2, 0) is 11.3 Å². The van der Waals surface area contributed by atoms with Crippen LogP contribution >= 0.6 is 15.9 Å². The number of pyridine rings is 1. The van der Waals surface area contributed by atoms with E-state index in [1.54, 1.807) is 24.8 Å². The number of carbonyl (C=O) groups excluding carboxylic acids is 1. The number of aromatic nitrogens is 3. The Morgan fingerprint density at radius 2 is 2.35 bits per heavy atom. The maximum Gasteiger partial charge on any atom is 0.227 e. The van der Waals surface area contributed by atoms with Crippen LogP contribution in [0.15, 0.2) is 41.5 Å². The van der Waals surface area contributed by atoms with Crippen LogP contribution in [0.3, 0.4) is 0 Å². The average Bonchev–Trinajstić information content (AvgIpc) is 2.82. The predicted octanol–water partition coefficient (Wildman–Crippen LogP) is 2.07. The smallest absolute Gasteiger partial charge is 0.227 e. The zero-order valence-electron chi connectivity index (χ0n) is 9.01. The lowest BCUT2D eigenvalue weighted by atomic mass is 10.4. The standard InChI is InChI=1S/C11H11BrN4O/c12-9-2-1-4-14-11(9)15-10(17)3-6-16-7-5-13-8-16/h1-2,4-5,7-8H,3,6H2,(H,14,15,17). The van der Waals surface area contributed by atoms with E-state index in [0.717, 1.165) is 4.47 Å². The highest BCUT2D eigenvalue weighted by Gasteiger charge is 2.06. The molecular weight excluding hydrogens is 284 g/mol. The molecule has 17 heavy (non-hydrogen) atoms. The van der Waals surface area contributed by atoms with E-state index >= 15 is 0 Å². The Bertz CT molecular complexity index is 498. The van der Waals surface area contributed by atoms with Gasteiger partial charge >= 0.3 is 0 Å². The van der Waals surface area contributed by atoms with Gasteiger partial charge in [0, 0.05) is 31.6 Å². The fourth-order valence-electron chi connectivity index (χ4n) is 1.32. The van der Waals surface area contributed by atoms with Crippen LogP contribution in [0, 0.1) is 0 Å². The Kier molecular flexibility index (Phi) is 3.87. The highest BCUT2D eigenvalue weighted by molar-refractivity contribution is 9.10. The molecule has 0 fully saturated rings. The van der Waals surface area contributed by atoms with Crippen molar-refractivity contribution in [3.63, 3.8) is 0 Å². The molecular formula is C11H11BrN4O. The summed E-state index contributed by atoms with van der Waals surface area (Å²) in [6.07, 6.45) is 7.22. The van der Waals surface area contributed by atoms with Crippen molar-refractivity contribution in [2.45, 2.75) is 13.0 Å². The van der Waals surface area contributed by atoms with Crippen LogP contribution in [0.5, 0.6) is 0 Å². The first-order valence-electron chi connectivity index (χ1n) is 5.12. The molecule has 0 saturated carbocycles. The third-order valence-corrected chi connectivity index (χ3v) is 2.81. The van der Waals surface area contributed by atoms with Crippen molar-refractivity contribution < 1.29 is 4.79 Å². The van der Waals surface area contributed by atoms with E-state index in [1.807, 2.05) is 16.8 Å². The molecule has 1 N–H and O–H groups in total. The van der Waals surface area contributed by atoms with E-state index in [1.165, 1.54) is 0 Å². The molecule has 2 rings (SSSR count). The summed E-state index contributed by atoms with van der Waals surface area (Å²) in [5, 5.41) is 2.74. The topological polar surface area (TPSA) is 59.8 Å². The van der Waals surface area contributed by atoms with Gasteiger partial charge in [0.2, 0.25) is 5.91 Å². The van der Waals surface area contributed by atoms with Crippen molar-refractivity contribution in [1.29, 1.82) is 0 Å². The lowest BCUT2D eigenvalue weighted by Gasteiger charge is -2.06. The first kappa shape index (κ1) is 11.8. The summed E-state index contributed by atoms with van der Waals surface area (Å²) < 4.78 is 2.63. The van der Waals surface area contributed by atoms with Crippen molar-refractivity contribution in [2.24, 2.45) is 0 Å². The van der Waals surface area contributed by atoms with Gasteiger partial charge in [0.05, 0.1) is 10.8 Å². The Morgan fingerprint density at radius 3 is 3.06 bits per heavy atom. The van der Waals surface area contributed by atoms with Crippen LogP contribution in [-0.4, -0.2) is 20.4 Å². The van der Waals surface area contributed by atoms with Gasteiger partial charge in [-0.1, -0.05) is 0 Å². The fraction of sp³-hybridized carbons (Fsp3) is 0.182. The quantitative estimate of drug-likeness (QED) is 0.939. The molecule has 0 aromatic carbocycles. The highest BCUT2D eigenvalue weighted by atomic mass is 79.9. The number of rotatable bonds is 4. The van der Waals surface area contributed by atoms with E-state index in [4.69, 9.17) is 0 Å². The van der Waals surface area contributed by atoms with Crippen molar-refractivity contribution in [3.8, 4) is 0 Å². The molecule has 0 aliphatic rings. The molecule has 5 nitrogen and oxygen atoms in total. The SMILES string of the molecule is O=C(CCn1ccnc1)Nc1ncccc1Br. The van der Waals surface area contributed by atoms with Gasteiger partial charge in [-0.2, -0.15) is 0 Å². The minimum atomic E-state index is -0.0712. The number of anilines is 1. The van der Waals surface area contributed by atoms with Gasteiger partial charge < -0.3 is 9.88 Å². The minimum Gasteiger partial charge on any atom is -0.337 e. The maximum atomic E-state index is 11.7. The van der Waals surface area contributed by atoms with Crippen molar-refractivity contribution >= 4 is 27.7 Å². The molecule has 2 aromatic rings. The first-order valence-corrected chi connectivity index (χ1v) is 5.91. The Balaban J connectivity index is 1.87. The van der Waals surface area contributed by atoms with Gasteiger partial charge in [-0.3, -0.25) is 4.79 Å². The van der Waals surface area contributed by atoms with Crippen molar-refractivity contribution in [2.75, 3.05) is 5.32 Å². The number of hydrogen-bond acceptors (Lipinski definition) is 3. The van der Waals surface area contributed by atoms with Gasteiger partial charge in [-0.05, 0) is 28.1 Å². The minimum absolute atomic E-state index is 0.0712. The molecule has 0 aliphatic heterocycles. The molecule has 0 atom stereocenters. The first-order chi connectivity index (χ1) is 8.25. The molecule has 2 aromatic heterocycles. The second kappa shape index (κ2) is 5.58. The lowest BCUT2D eigenvalue weighted by molar-refractivity contribution is -0.116. The molecule has 0 radical (unpaired) electrons. The van der Waals surface area contributed by atoms with Crippen LogP contribution in [0.1, 0.15) is 6.42 Å². The van der Waals surface area contributed by atoms with Crippen LogP contribution in [0.4, 0.5) is 5.82 Å². The molecule has 0 spiro atoms. The van der Waals surface area contributed by atoms with Gasteiger partial charge in [-0.25, -0.2) is 9.97 Å². The number of imidazole rings is 1. The normalized spacial score (nSPS) is 10.2. The van der Waals surface area contributed by atoms with Gasteiger partial charge in [0.25, 0.3) is 0 Å². The Hall–Kier alpha value is -1.69. The molecule has 0 unspecified atom stereocenters. The maximum absolute atomic E-state index is 11.7. The number of nitrogens with zero attached hydrogens (tertiary/aromatic N) is 3. The summed E-state index contributed by atoms with van der Waals surface area (Å²) in [5.41, 5.74) is 0. The third-order valence-electron chi connectivity index (χ3n) is 2.17. The molecule has 2 heterocycles. The Labute approximate surface area is 107 Å². The van der Waals surface area contributed by atoms with E-state index in [9.17, 15) is 4.79 Å². The fourth-order valence-corrected chi connectivity index (χ4v) is 1.68. The second-order valence-electron chi connectivity index (χ2n) is 3.43. The van der Waals surface area contributed by atoms with Gasteiger partial charge in [-0.15, -0.1) is 0 Å². The number of amides is 1. The van der Waals surface area contributed by atoms with Crippen molar-refractivity contribution in [3.05, 3.63) is 41.5 Å². The molecule has 6 heteroatoms. The zero-order chi connectivity index (χ0) is 12.1. The largest absolute Gasteiger partial charge is 0.337 e. The Morgan fingerprint density at radius 1 is 1.47 bits per heavy atom. The zero-order valence-corrected chi connectivity index (χ0v) is 10.6. The number of hydrogen-bond donors (Lipinski definition) is 1. The predicted molar refractivity (Wildman–Crippen MR) is 67.4 cm³/mol. The number of nitrogens with one attached hydrogen (secondary N) is 1. The summed E-state index contributed by atoms with van der Waals surface area (Å²) in [6, 6.07) is 3.63. The molecule has 0 saturated heterocycles. The molecule has 1 amide bonds. The summed E-state index contributed by atoms with van der Waals surface area (Å²) in [7, 11) is 0. The van der Waals surface area contributed by atoms with Crippen LogP contribution < -0.4 is 5.32 Å². The van der Waals surface area contributed by atoms with E-state index in [0.29, 0.717) is 18.8 Å². The second-order valence-corrected chi connectivity index (χ2v) is 4.29. The van der Waals surface area contributed by atoms with Crippen molar-refractivity contribution in [1.82, 2.24) is 14.5 Å². The summed E-state index contributed by atoms with van der Waals surface area (Å²) >= 11 is 3.32. The van der Waals surface area contributed by atoms with Crippen LogP contribution in [0.2, 0.25) is 0 Å². The molecule has 0 aliphatic carbocycles. The summed E-state index contributed by atoms with van der Waals surface area (Å²) in [5.74, 6) is 0.473. The van der Waals surface area contributed by atoms with E-state index in [-0.39, 0.29) is 5.91 Å². The number of aryl methyl sites for hydroxylation is 1. The average molecular weight is 295 g/mol. The summed E-state index contributed by atoms with van der Waals surface area (Å²) in [6.45, 7) is 0.607. The summed E-state index contributed by atoms with van der Waals surface area (Å²) in [4.78, 5) is 19.6.